The van der Waals surface area contributed by atoms with Gasteiger partial charge < -0.3 is 15.0 Å². The minimum absolute atomic E-state index is 0.121. The molecule has 0 radical (unpaired) electrons. The van der Waals surface area contributed by atoms with Crippen LogP contribution in [-0.2, 0) is 22.2 Å². The van der Waals surface area contributed by atoms with E-state index in [-0.39, 0.29) is 30.0 Å². The number of aromatic nitrogens is 3. The van der Waals surface area contributed by atoms with Crippen molar-refractivity contribution in [1.29, 1.82) is 0 Å². The van der Waals surface area contributed by atoms with Gasteiger partial charge in [0.15, 0.2) is 11.6 Å². The second kappa shape index (κ2) is 9.21. The van der Waals surface area contributed by atoms with Gasteiger partial charge in [0.05, 0.1) is 17.4 Å². The van der Waals surface area contributed by atoms with Crippen molar-refractivity contribution in [3.8, 4) is 5.75 Å². The second-order valence-corrected chi connectivity index (χ2v) is 8.85. The zero-order chi connectivity index (χ0) is 29.0. The summed E-state index contributed by atoms with van der Waals surface area (Å²) in [5, 5.41) is 10.9. The predicted molar refractivity (Wildman–Crippen MR) is 121 cm³/mol. The molecule has 166 valence electrons. The molecule has 3 N–H and O–H groups in total. The lowest BCUT2D eigenvalue weighted by Crippen LogP contribution is -2.47. The quantitative estimate of drug-likeness (QED) is 0.474. The summed E-state index contributed by atoms with van der Waals surface area (Å²) in [6, 6.07) is 5.14. The van der Waals surface area contributed by atoms with Gasteiger partial charge in [-0.3, -0.25) is 4.90 Å². The first-order valence-electron chi connectivity index (χ1n) is 13.5. The van der Waals surface area contributed by atoms with Gasteiger partial charge in [0.25, 0.3) is 0 Å². The maximum atomic E-state index is 12.0. The van der Waals surface area contributed by atoms with E-state index in [0.29, 0.717) is 10.5 Å². The fourth-order valence-electron chi connectivity index (χ4n) is 3.22. The van der Waals surface area contributed by atoms with Gasteiger partial charge in [-0.05, 0) is 49.7 Å². The summed E-state index contributed by atoms with van der Waals surface area (Å²) < 4.78 is 94.5. The van der Waals surface area contributed by atoms with Gasteiger partial charge in [-0.15, -0.1) is 0 Å². The number of nitrogens with one attached hydrogen (secondary N) is 2. The number of H-pyrrole nitrogens is 1. The summed E-state index contributed by atoms with van der Waals surface area (Å²) >= 11 is 0. The van der Waals surface area contributed by atoms with Crippen molar-refractivity contribution in [3.05, 3.63) is 48.0 Å². The molecule has 1 aromatic carbocycles. The fraction of sp³-hybridized carbons (Fsp3) is 0.429. The van der Waals surface area contributed by atoms with Crippen LogP contribution in [0.4, 0.5) is 5.82 Å². The number of nitrogens with zero attached hydrogens (tertiary/aromatic N) is 4. The van der Waals surface area contributed by atoms with Crippen molar-refractivity contribution >= 4 is 26.7 Å². The largest absolute Gasteiger partial charge is 0.503 e. The van der Waals surface area contributed by atoms with E-state index < -0.39 is 47.6 Å². The van der Waals surface area contributed by atoms with Crippen LogP contribution in [0.15, 0.2) is 36.9 Å². The number of aryl methyl sites for hydroxylation is 1. The summed E-state index contributed by atoms with van der Waals surface area (Å²) in [7, 11) is -2.17. The highest BCUT2D eigenvalue weighted by Gasteiger charge is 2.20. The molecule has 0 atom stereocenters. The SMILES string of the molecule is [2H]C1([2H])N(CCCc2c[nH]c3ccc(CS(=O)(=O)NC)cc23)C([2H])([2H])C([2H])([2H])N(c2ncncc2O)C1([2H])[2H]. The monoisotopic (exact) mass is 452 g/mol. The van der Waals surface area contributed by atoms with Crippen LogP contribution in [0.3, 0.4) is 0 Å². The molecule has 0 amide bonds. The van der Waals surface area contributed by atoms with Crippen LogP contribution < -0.4 is 9.62 Å². The summed E-state index contributed by atoms with van der Waals surface area (Å²) in [6.07, 6.45) is 3.91. The zero-order valence-corrected chi connectivity index (χ0v) is 17.6. The third-order valence-corrected chi connectivity index (χ3v) is 6.14. The molecule has 0 spiro atoms. The maximum absolute atomic E-state index is 12.0. The molecule has 1 aliphatic heterocycles. The second-order valence-electron chi connectivity index (χ2n) is 6.93. The average molecular weight is 453 g/mol. The minimum atomic E-state index is -3.49. The van der Waals surface area contributed by atoms with E-state index in [9.17, 15) is 13.5 Å². The standard InChI is InChI=1S/C21H28N6O3S/c1-22-31(29,30)14-16-4-5-19-18(11-16)17(12-24-19)3-2-6-26-7-9-27(10-8-26)21-20(28)13-23-15-25-21/h4-5,11-13,15,22,24,28H,2-3,6-10,14H2,1H3/i7D2,8D2,9D2,10D2. The Balaban J connectivity index is 1.61. The molecule has 0 unspecified atom stereocenters. The Hall–Kier alpha value is -2.69. The number of anilines is 1. The Labute approximate surface area is 193 Å². The molecule has 10 heteroatoms. The Morgan fingerprint density at radius 3 is 2.84 bits per heavy atom. The number of aromatic hydroxyl groups is 1. The average Bonchev–Trinajstić information content (AvgIpc) is 3.23. The Morgan fingerprint density at radius 2 is 2.10 bits per heavy atom. The molecule has 3 heterocycles. The molecule has 3 aromatic rings. The van der Waals surface area contributed by atoms with Crippen molar-refractivity contribution in [2.24, 2.45) is 0 Å². The fourth-order valence-corrected chi connectivity index (χ4v) is 3.99. The lowest BCUT2D eigenvalue weighted by Gasteiger charge is -2.35. The molecule has 4 rings (SSSR count). The first-order valence-corrected chi connectivity index (χ1v) is 11.2. The van der Waals surface area contributed by atoms with Gasteiger partial charge in [-0.1, -0.05) is 6.07 Å². The summed E-state index contributed by atoms with van der Waals surface area (Å²) in [4.78, 5) is 11.1. The zero-order valence-electron chi connectivity index (χ0n) is 24.8. The highest BCUT2D eigenvalue weighted by molar-refractivity contribution is 7.88. The number of aromatic amines is 1. The Morgan fingerprint density at radius 1 is 1.29 bits per heavy atom. The first kappa shape index (κ1) is 13.7. The molecule has 1 saturated heterocycles. The number of sulfonamides is 1. The summed E-state index contributed by atoms with van der Waals surface area (Å²) in [5.41, 5.74) is 2.05. The minimum Gasteiger partial charge on any atom is -0.503 e. The van der Waals surface area contributed by atoms with E-state index in [4.69, 9.17) is 11.0 Å². The van der Waals surface area contributed by atoms with Crippen LogP contribution in [0, 0.1) is 0 Å². The van der Waals surface area contributed by atoms with E-state index >= 15 is 0 Å². The molecule has 9 nitrogen and oxygen atoms in total. The third kappa shape index (κ3) is 5.15. The number of piperazine rings is 1. The van der Waals surface area contributed by atoms with Gasteiger partial charge in [0.1, 0.15) is 6.33 Å². The van der Waals surface area contributed by atoms with E-state index in [1.807, 2.05) is 0 Å². The van der Waals surface area contributed by atoms with Gasteiger partial charge in [0, 0.05) is 48.6 Å². The normalized spacial score (nSPS) is 25.9. The molecule has 0 aliphatic carbocycles. The molecular formula is C21H28N6O3S. The third-order valence-electron chi connectivity index (χ3n) is 4.81. The van der Waals surface area contributed by atoms with Gasteiger partial charge in [-0.25, -0.2) is 23.1 Å². The molecule has 2 aromatic heterocycles. The van der Waals surface area contributed by atoms with Crippen LogP contribution in [0.2, 0.25) is 0 Å². The smallest absolute Gasteiger partial charge is 0.215 e. The Bertz CT molecular complexity index is 1460. The maximum Gasteiger partial charge on any atom is 0.215 e. The van der Waals surface area contributed by atoms with Crippen LogP contribution in [0.5, 0.6) is 5.75 Å². The lowest BCUT2D eigenvalue weighted by atomic mass is 10.1. The van der Waals surface area contributed by atoms with Crippen LogP contribution in [0.25, 0.3) is 10.9 Å². The molecule has 1 aliphatic rings. The highest BCUT2D eigenvalue weighted by Crippen LogP contribution is 2.24. The molecular weight excluding hydrogens is 416 g/mol. The molecule has 0 saturated carbocycles. The van der Waals surface area contributed by atoms with Crippen LogP contribution in [0.1, 0.15) is 28.5 Å². The summed E-state index contributed by atoms with van der Waals surface area (Å²) in [6.45, 7) is -12.8. The number of hydrogen-bond donors (Lipinski definition) is 3. The molecule has 0 bridgehead atoms. The van der Waals surface area contributed by atoms with Crippen LogP contribution >= 0.6 is 0 Å². The van der Waals surface area contributed by atoms with Crippen molar-refractivity contribution in [1.82, 2.24) is 24.6 Å². The van der Waals surface area contributed by atoms with Crippen LogP contribution in [-0.4, -0.2) is 73.0 Å². The van der Waals surface area contributed by atoms with Crippen molar-refractivity contribution in [3.63, 3.8) is 0 Å². The van der Waals surface area contributed by atoms with Gasteiger partial charge >= 0.3 is 0 Å². The van der Waals surface area contributed by atoms with Gasteiger partial charge in [0.2, 0.25) is 10.0 Å². The molecule has 1 fully saturated rings. The van der Waals surface area contributed by atoms with E-state index in [2.05, 4.69) is 19.7 Å². The van der Waals surface area contributed by atoms with E-state index in [1.54, 1.807) is 24.4 Å². The highest BCUT2D eigenvalue weighted by atomic mass is 32.2. The number of fused-ring (bicyclic) bond motifs is 1. The van der Waals surface area contributed by atoms with Crippen molar-refractivity contribution in [2.45, 2.75) is 18.6 Å². The number of rotatable bonds is 8. The molecule has 31 heavy (non-hydrogen) atoms. The topological polar surface area (TPSA) is 114 Å². The van der Waals surface area contributed by atoms with Crippen molar-refractivity contribution in [2.75, 3.05) is 44.5 Å². The number of hydrogen-bond acceptors (Lipinski definition) is 7. The Kier molecular flexibility index (Phi) is 4.06. The first-order chi connectivity index (χ1) is 18.0. The number of benzene rings is 1. The van der Waals surface area contributed by atoms with Gasteiger partial charge in [-0.2, -0.15) is 0 Å². The predicted octanol–water partition coefficient (Wildman–Crippen LogP) is 1.47. The van der Waals surface area contributed by atoms with E-state index in [0.717, 1.165) is 29.0 Å². The summed E-state index contributed by atoms with van der Waals surface area (Å²) in [5.74, 6) is -1.63. The van der Waals surface area contributed by atoms with Crippen molar-refractivity contribution < 1.29 is 24.5 Å². The van der Waals surface area contributed by atoms with E-state index in [1.165, 1.54) is 7.05 Å². The lowest BCUT2D eigenvalue weighted by molar-refractivity contribution is 0.254.